The largest absolute Gasteiger partial charge is 0.508 e. The summed E-state index contributed by atoms with van der Waals surface area (Å²) in [6.45, 7) is 0.494. The Morgan fingerprint density at radius 2 is 2.08 bits per heavy atom. The van der Waals surface area contributed by atoms with Crippen LogP contribution in [0, 0.1) is 0 Å². The highest BCUT2D eigenvalue weighted by Crippen LogP contribution is 2.23. The van der Waals surface area contributed by atoms with Gasteiger partial charge >= 0.3 is 0 Å². The lowest BCUT2D eigenvalue weighted by molar-refractivity contribution is 0.475. The minimum Gasteiger partial charge on any atom is -0.508 e. The molecule has 0 radical (unpaired) electrons. The second-order valence-corrected chi connectivity index (χ2v) is 2.91. The van der Waals surface area contributed by atoms with E-state index >= 15 is 0 Å². The van der Waals surface area contributed by atoms with E-state index < -0.39 is 0 Å². The molecule has 3 N–H and O–H groups in total. The Hall–Kier alpha value is -1.22. The molecule has 0 aromatic heterocycles. The Kier molecular flexibility index (Phi) is 2.55. The van der Waals surface area contributed by atoms with Gasteiger partial charge in [0.05, 0.1) is 0 Å². The van der Waals surface area contributed by atoms with Crippen molar-refractivity contribution < 1.29 is 5.11 Å². The van der Waals surface area contributed by atoms with Gasteiger partial charge in [0, 0.05) is 32.4 Å². The van der Waals surface area contributed by atoms with E-state index in [1.165, 1.54) is 0 Å². The van der Waals surface area contributed by atoms with Crippen LogP contribution >= 0.6 is 0 Å². The number of nitrogens with two attached hydrogens (primary N) is 1. The predicted molar refractivity (Wildman–Crippen MR) is 50.3 cm³/mol. The number of phenols is 1. The number of hydrogen-bond acceptors (Lipinski definition) is 3. The minimum atomic E-state index is 0.274. The van der Waals surface area contributed by atoms with Gasteiger partial charge in [-0.15, -0.1) is 0 Å². The number of nitrogens with zero attached hydrogens (tertiary/aromatic N) is 1. The lowest BCUT2D eigenvalue weighted by Crippen LogP contribution is -2.12. The van der Waals surface area contributed by atoms with E-state index in [4.69, 9.17) is 5.73 Å². The summed E-state index contributed by atoms with van der Waals surface area (Å²) in [6, 6.07) is 5.20. The van der Waals surface area contributed by atoms with Crippen molar-refractivity contribution in [3.63, 3.8) is 0 Å². The van der Waals surface area contributed by atoms with Gasteiger partial charge in [-0.2, -0.15) is 0 Å². The van der Waals surface area contributed by atoms with E-state index in [1.54, 1.807) is 12.1 Å². The van der Waals surface area contributed by atoms with Crippen LogP contribution in [0.3, 0.4) is 0 Å². The highest BCUT2D eigenvalue weighted by molar-refractivity contribution is 5.55. The van der Waals surface area contributed by atoms with Gasteiger partial charge in [0.2, 0.25) is 0 Å². The smallest absolute Gasteiger partial charge is 0.117 e. The maximum atomic E-state index is 9.21. The molecule has 1 aromatic carbocycles. The highest BCUT2D eigenvalue weighted by atomic mass is 16.3. The van der Waals surface area contributed by atoms with E-state index in [0.29, 0.717) is 6.54 Å². The van der Waals surface area contributed by atoms with Gasteiger partial charge in [-0.05, 0) is 11.6 Å². The summed E-state index contributed by atoms with van der Waals surface area (Å²) in [5.74, 6) is 0.274. The molecular weight excluding hydrogens is 152 g/mol. The molecule has 3 heteroatoms. The summed E-state index contributed by atoms with van der Waals surface area (Å²) in [4.78, 5) is 1.93. The fraction of sp³-hybridized carbons (Fsp3) is 0.333. The van der Waals surface area contributed by atoms with E-state index in [9.17, 15) is 5.11 Å². The average Bonchev–Trinajstić information content (AvgIpc) is 2.04. The van der Waals surface area contributed by atoms with Crippen LogP contribution in [0.15, 0.2) is 18.2 Å². The fourth-order valence-corrected chi connectivity index (χ4v) is 1.14. The number of rotatable bonds is 2. The van der Waals surface area contributed by atoms with Gasteiger partial charge in [-0.25, -0.2) is 0 Å². The summed E-state index contributed by atoms with van der Waals surface area (Å²) < 4.78 is 0. The summed E-state index contributed by atoms with van der Waals surface area (Å²) >= 11 is 0. The summed E-state index contributed by atoms with van der Waals surface area (Å²) in [5.41, 5.74) is 7.54. The molecule has 0 bridgehead atoms. The first-order chi connectivity index (χ1) is 5.65. The predicted octanol–water partition coefficient (Wildman–Crippen LogP) is 0.917. The van der Waals surface area contributed by atoms with E-state index in [1.807, 2.05) is 25.1 Å². The summed E-state index contributed by atoms with van der Waals surface area (Å²) in [5, 5.41) is 9.21. The molecule has 12 heavy (non-hydrogen) atoms. The number of benzene rings is 1. The zero-order valence-electron chi connectivity index (χ0n) is 7.41. The maximum absolute atomic E-state index is 9.21. The van der Waals surface area contributed by atoms with Crippen LogP contribution in [0.4, 0.5) is 5.69 Å². The van der Waals surface area contributed by atoms with Crippen LogP contribution in [0.25, 0.3) is 0 Å². The first-order valence-electron chi connectivity index (χ1n) is 3.84. The van der Waals surface area contributed by atoms with Gasteiger partial charge in [-0.3, -0.25) is 0 Å². The van der Waals surface area contributed by atoms with Crippen LogP contribution in [0.2, 0.25) is 0 Å². The van der Waals surface area contributed by atoms with Gasteiger partial charge in [-0.1, -0.05) is 6.07 Å². The van der Waals surface area contributed by atoms with Crippen molar-refractivity contribution in [2.45, 2.75) is 6.54 Å². The number of hydrogen-bond donors (Lipinski definition) is 2. The third-order valence-corrected chi connectivity index (χ3v) is 1.77. The van der Waals surface area contributed by atoms with Crippen LogP contribution in [-0.2, 0) is 6.54 Å². The molecule has 1 aromatic rings. The first kappa shape index (κ1) is 8.87. The molecule has 0 atom stereocenters. The van der Waals surface area contributed by atoms with Gasteiger partial charge in [0.25, 0.3) is 0 Å². The number of aromatic hydroxyl groups is 1. The van der Waals surface area contributed by atoms with Crippen molar-refractivity contribution >= 4 is 5.69 Å². The molecule has 0 spiro atoms. The van der Waals surface area contributed by atoms with Crippen LogP contribution < -0.4 is 10.6 Å². The molecule has 0 aliphatic rings. The number of anilines is 1. The zero-order chi connectivity index (χ0) is 9.14. The quantitative estimate of drug-likeness (QED) is 0.686. The van der Waals surface area contributed by atoms with Crippen molar-refractivity contribution in [2.24, 2.45) is 5.73 Å². The van der Waals surface area contributed by atoms with Gasteiger partial charge in [0.15, 0.2) is 0 Å². The first-order valence-corrected chi connectivity index (χ1v) is 3.84. The van der Waals surface area contributed by atoms with Crippen molar-refractivity contribution in [2.75, 3.05) is 19.0 Å². The third-order valence-electron chi connectivity index (χ3n) is 1.77. The third kappa shape index (κ3) is 1.68. The van der Waals surface area contributed by atoms with Gasteiger partial charge in [0.1, 0.15) is 5.75 Å². The summed E-state index contributed by atoms with van der Waals surface area (Å²) in [7, 11) is 3.85. The lowest BCUT2D eigenvalue weighted by Gasteiger charge is -2.16. The molecule has 0 fully saturated rings. The molecule has 0 unspecified atom stereocenters. The lowest BCUT2D eigenvalue weighted by atomic mass is 10.1. The van der Waals surface area contributed by atoms with E-state index in [2.05, 4.69) is 0 Å². The molecule has 1 rings (SSSR count). The minimum absolute atomic E-state index is 0.274. The van der Waals surface area contributed by atoms with Crippen molar-refractivity contribution in [1.82, 2.24) is 0 Å². The second kappa shape index (κ2) is 3.45. The van der Waals surface area contributed by atoms with E-state index in [-0.39, 0.29) is 5.75 Å². The Morgan fingerprint density at radius 3 is 2.58 bits per heavy atom. The molecule has 0 heterocycles. The van der Waals surface area contributed by atoms with Crippen molar-refractivity contribution in [1.29, 1.82) is 0 Å². The van der Waals surface area contributed by atoms with Crippen LogP contribution in [0.1, 0.15) is 5.56 Å². The summed E-state index contributed by atoms with van der Waals surface area (Å²) in [6.07, 6.45) is 0. The topological polar surface area (TPSA) is 49.5 Å². The maximum Gasteiger partial charge on any atom is 0.117 e. The Morgan fingerprint density at radius 1 is 1.42 bits per heavy atom. The molecule has 0 saturated heterocycles. The molecular formula is C9H14N2O. The standard InChI is InChI=1S/C9H14N2O/c1-11(2)9-5-8(12)4-3-7(9)6-10/h3-5,12H,6,10H2,1-2H3. The Bertz CT molecular complexity index is 271. The average molecular weight is 166 g/mol. The Balaban J connectivity index is 3.12. The normalized spacial score (nSPS) is 9.92. The second-order valence-electron chi connectivity index (χ2n) is 2.91. The highest BCUT2D eigenvalue weighted by Gasteiger charge is 2.03. The molecule has 0 saturated carbocycles. The molecule has 0 aliphatic carbocycles. The SMILES string of the molecule is CN(C)c1cc(O)ccc1CN. The monoisotopic (exact) mass is 166 g/mol. The number of phenolic OH excluding ortho intramolecular Hbond substituents is 1. The van der Waals surface area contributed by atoms with Crippen LogP contribution in [-0.4, -0.2) is 19.2 Å². The molecule has 0 aliphatic heterocycles. The molecule has 66 valence electrons. The van der Waals surface area contributed by atoms with Crippen molar-refractivity contribution in [3.05, 3.63) is 23.8 Å². The zero-order valence-corrected chi connectivity index (χ0v) is 7.41. The van der Waals surface area contributed by atoms with E-state index in [0.717, 1.165) is 11.3 Å². The fourth-order valence-electron chi connectivity index (χ4n) is 1.14. The van der Waals surface area contributed by atoms with Gasteiger partial charge < -0.3 is 15.7 Å². The van der Waals surface area contributed by atoms with Crippen LogP contribution in [0.5, 0.6) is 5.75 Å². The molecule has 0 amide bonds. The Labute approximate surface area is 72.4 Å². The molecule has 3 nitrogen and oxygen atoms in total. The van der Waals surface area contributed by atoms with Crippen molar-refractivity contribution in [3.8, 4) is 5.75 Å².